The minimum Gasteiger partial charge on any atom is -0.458 e. The molecule has 1 rings (SSSR count). The summed E-state index contributed by atoms with van der Waals surface area (Å²) in [5.41, 5.74) is 0.160. The Morgan fingerprint density at radius 1 is 1.43 bits per heavy atom. The molecule has 0 unspecified atom stereocenters. The Hall–Kier alpha value is -0.800. The van der Waals surface area contributed by atoms with Crippen molar-refractivity contribution in [2.24, 2.45) is 0 Å². The number of carbonyl (C=O) groups excluding carboxylic acids is 1. The first-order chi connectivity index (χ1) is 6.50. The molecule has 1 aromatic heterocycles. The molecule has 0 N–H and O–H groups in total. The van der Waals surface area contributed by atoms with Gasteiger partial charge in [-0.2, -0.15) is 0 Å². The van der Waals surface area contributed by atoms with E-state index in [1.165, 1.54) is 12.3 Å². The predicted octanol–water partition coefficient (Wildman–Crippen LogP) is 2.95. The van der Waals surface area contributed by atoms with E-state index in [9.17, 15) is 4.79 Å². The lowest BCUT2D eigenvalue weighted by Gasteiger charge is -2.07. The van der Waals surface area contributed by atoms with Crippen LogP contribution in [0.2, 0.25) is 10.0 Å². The zero-order valence-electron chi connectivity index (χ0n) is 7.75. The fourth-order valence-corrected chi connectivity index (χ4v) is 1.06. The van der Waals surface area contributed by atoms with Gasteiger partial charge in [0.1, 0.15) is 5.69 Å². The molecule has 0 aliphatic carbocycles. The van der Waals surface area contributed by atoms with Crippen molar-refractivity contribution in [3.63, 3.8) is 0 Å². The van der Waals surface area contributed by atoms with Gasteiger partial charge >= 0.3 is 5.97 Å². The molecule has 0 bridgehead atoms. The maximum Gasteiger partial charge on any atom is 0.357 e. The third-order valence-corrected chi connectivity index (χ3v) is 2.07. The number of nitrogens with zero attached hydrogens (tertiary/aromatic N) is 1. The van der Waals surface area contributed by atoms with Crippen LogP contribution < -0.4 is 0 Å². The van der Waals surface area contributed by atoms with Gasteiger partial charge < -0.3 is 4.74 Å². The maximum atomic E-state index is 11.3. The van der Waals surface area contributed by atoms with Crippen LogP contribution in [-0.2, 0) is 4.74 Å². The average Bonchev–Trinajstić information content (AvgIpc) is 2.08. The lowest BCUT2D eigenvalue weighted by atomic mass is 10.3. The van der Waals surface area contributed by atoms with Gasteiger partial charge in [-0.15, -0.1) is 0 Å². The summed E-state index contributed by atoms with van der Waals surface area (Å²) >= 11 is 11.4. The van der Waals surface area contributed by atoms with Gasteiger partial charge in [0.15, 0.2) is 0 Å². The van der Waals surface area contributed by atoms with E-state index in [1.807, 2.05) is 0 Å². The van der Waals surface area contributed by atoms with Gasteiger partial charge in [-0.3, -0.25) is 0 Å². The van der Waals surface area contributed by atoms with Crippen LogP contribution in [-0.4, -0.2) is 17.1 Å². The fourth-order valence-electron chi connectivity index (χ4n) is 0.800. The van der Waals surface area contributed by atoms with E-state index < -0.39 is 5.97 Å². The van der Waals surface area contributed by atoms with E-state index in [0.29, 0.717) is 5.02 Å². The standard InChI is InChI=1S/C9H9Cl2NO2/c1-5(2)14-9(13)8-3-6(10)7(11)4-12-8/h3-5H,1-2H3. The van der Waals surface area contributed by atoms with Crippen LogP contribution >= 0.6 is 23.2 Å². The number of rotatable bonds is 2. The van der Waals surface area contributed by atoms with Crippen molar-refractivity contribution >= 4 is 29.2 Å². The highest BCUT2D eigenvalue weighted by molar-refractivity contribution is 6.42. The molecule has 0 amide bonds. The van der Waals surface area contributed by atoms with E-state index in [0.717, 1.165) is 0 Å². The molecule has 76 valence electrons. The molecule has 0 atom stereocenters. The second-order valence-electron chi connectivity index (χ2n) is 2.94. The Morgan fingerprint density at radius 3 is 2.57 bits per heavy atom. The van der Waals surface area contributed by atoms with Gasteiger partial charge in [0, 0.05) is 6.20 Å². The Kier molecular flexibility index (Phi) is 3.72. The first kappa shape index (κ1) is 11.3. The lowest BCUT2D eigenvalue weighted by Crippen LogP contribution is -2.12. The third kappa shape index (κ3) is 2.86. The molecule has 5 heteroatoms. The Balaban J connectivity index is 2.86. The van der Waals surface area contributed by atoms with Crippen molar-refractivity contribution in [2.45, 2.75) is 20.0 Å². The highest BCUT2D eigenvalue weighted by Gasteiger charge is 2.12. The van der Waals surface area contributed by atoms with E-state index in [-0.39, 0.29) is 16.8 Å². The zero-order chi connectivity index (χ0) is 10.7. The van der Waals surface area contributed by atoms with Crippen LogP contribution in [0.5, 0.6) is 0 Å². The summed E-state index contributed by atoms with van der Waals surface area (Å²) in [5.74, 6) is -0.501. The van der Waals surface area contributed by atoms with Crippen molar-refractivity contribution in [1.29, 1.82) is 0 Å². The predicted molar refractivity (Wildman–Crippen MR) is 54.8 cm³/mol. The van der Waals surface area contributed by atoms with E-state index in [1.54, 1.807) is 13.8 Å². The van der Waals surface area contributed by atoms with Crippen molar-refractivity contribution in [3.8, 4) is 0 Å². The fraction of sp³-hybridized carbons (Fsp3) is 0.333. The molecule has 0 saturated heterocycles. The molecule has 0 aromatic carbocycles. The summed E-state index contributed by atoms with van der Waals surface area (Å²) in [4.78, 5) is 15.1. The second-order valence-corrected chi connectivity index (χ2v) is 3.75. The monoisotopic (exact) mass is 233 g/mol. The number of pyridine rings is 1. The van der Waals surface area contributed by atoms with Gasteiger partial charge in [0.25, 0.3) is 0 Å². The molecule has 0 radical (unpaired) electrons. The molecule has 3 nitrogen and oxygen atoms in total. The number of hydrogen-bond donors (Lipinski definition) is 0. The minimum atomic E-state index is -0.501. The SMILES string of the molecule is CC(C)OC(=O)c1cc(Cl)c(Cl)cn1. The van der Waals surface area contributed by atoms with Gasteiger partial charge in [0.05, 0.1) is 16.1 Å². The summed E-state index contributed by atoms with van der Waals surface area (Å²) in [7, 11) is 0. The highest BCUT2D eigenvalue weighted by Crippen LogP contribution is 2.21. The molecular formula is C9H9Cl2NO2. The number of ether oxygens (including phenoxy) is 1. The van der Waals surface area contributed by atoms with Crippen LogP contribution in [0.1, 0.15) is 24.3 Å². The van der Waals surface area contributed by atoms with Crippen LogP contribution in [0.25, 0.3) is 0 Å². The Morgan fingerprint density at radius 2 is 2.07 bits per heavy atom. The van der Waals surface area contributed by atoms with Crippen molar-refractivity contribution in [3.05, 3.63) is 28.0 Å². The summed E-state index contributed by atoms with van der Waals surface area (Å²) in [6.07, 6.45) is 1.14. The van der Waals surface area contributed by atoms with Gasteiger partial charge in [0.2, 0.25) is 0 Å². The Bertz CT molecular complexity index is 353. The molecule has 14 heavy (non-hydrogen) atoms. The van der Waals surface area contributed by atoms with Crippen molar-refractivity contribution in [2.75, 3.05) is 0 Å². The van der Waals surface area contributed by atoms with Crippen molar-refractivity contribution in [1.82, 2.24) is 4.98 Å². The normalized spacial score (nSPS) is 10.4. The first-order valence-corrected chi connectivity index (χ1v) is 4.78. The molecule has 1 aromatic rings. The molecule has 0 aliphatic rings. The van der Waals surface area contributed by atoms with Gasteiger partial charge in [-0.1, -0.05) is 23.2 Å². The number of halogens is 2. The van der Waals surface area contributed by atoms with E-state index in [4.69, 9.17) is 27.9 Å². The first-order valence-electron chi connectivity index (χ1n) is 4.02. The molecule has 0 spiro atoms. The molecular weight excluding hydrogens is 225 g/mol. The second kappa shape index (κ2) is 4.62. The summed E-state index contributed by atoms with van der Waals surface area (Å²) in [5, 5.41) is 0.602. The van der Waals surface area contributed by atoms with E-state index >= 15 is 0 Å². The summed E-state index contributed by atoms with van der Waals surface area (Å²) < 4.78 is 4.93. The molecule has 1 heterocycles. The molecule has 0 aliphatic heterocycles. The van der Waals surface area contributed by atoms with Crippen molar-refractivity contribution < 1.29 is 9.53 Å². The minimum absolute atomic E-state index is 0.160. The van der Waals surface area contributed by atoms with Crippen LogP contribution in [0.3, 0.4) is 0 Å². The van der Waals surface area contributed by atoms with Crippen LogP contribution in [0, 0.1) is 0 Å². The molecule has 0 fully saturated rings. The maximum absolute atomic E-state index is 11.3. The number of aromatic nitrogens is 1. The number of esters is 1. The third-order valence-electron chi connectivity index (χ3n) is 1.36. The zero-order valence-corrected chi connectivity index (χ0v) is 9.26. The summed E-state index contributed by atoms with van der Waals surface area (Å²) in [6, 6.07) is 1.38. The quantitative estimate of drug-likeness (QED) is 0.738. The largest absolute Gasteiger partial charge is 0.458 e. The van der Waals surface area contributed by atoms with Gasteiger partial charge in [-0.25, -0.2) is 9.78 Å². The van der Waals surface area contributed by atoms with E-state index in [2.05, 4.69) is 4.98 Å². The molecule has 0 saturated carbocycles. The topological polar surface area (TPSA) is 39.2 Å². The van der Waals surface area contributed by atoms with Crippen LogP contribution in [0.15, 0.2) is 12.3 Å². The number of hydrogen-bond acceptors (Lipinski definition) is 3. The Labute approximate surface area is 92.0 Å². The van der Waals surface area contributed by atoms with Crippen LogP contribution in [0.4, 0.5) is 0 Å². The van der Waals surface area contributed by atoms with Gasteiger partial charge in [-0.05, 0) is 19.9 Å². The summed E-state index contributed by atoms with van der Waals surface area (Å²) in [6.45, 7) is 3.52. The highest BCUT2D eigenvalue weighted by atomic mass is 35.5. The number of carbonyl (C=O) groups is 1. The lowest BCUT2D eigenvalue weighted by molar-refractivity contribution is 0.0371. The smallest absolute Gasteiger partial charge is 0.357 e. The average molecular weight is 234 g/mol.